The highest BCUT2D eigenvalue weighted by Gasteiger charge is 1.98. The molecule has 0 saturated heterocycles. The first kappa shape index (κ1) is 11.3. The van der Waals surface area contributed by atoms with E-state index < -0.39 is 0 Å². The minimum absolute atomic E-state index is 0.408. The average Bonchev–Trinajstić information content (AvgIpc) is 2.25. The molecule has 1 aromatic rings. The Labute approximate surface area is 87.3 Å². The van der Waals surface area contributed by atoms with Gasteiger partial charge >= 0.3 is 0 Å². The number of hydrogen-bond donors (Lipinski definition) is 1. The van der Waals surface area contributed by atoms with Crippen LogP contribution in [0.15, 0.2) is 30.3 Å². The van der Waals surface area contributed by atoms with Crippen molar-refractivity contribution in [1.29, 1.82) is 0 Å². The number of benzene rings is 1. The maximum atomic E-state index is 5.85. The molecule has 1 heteroatoms. The molecule has 1 rings (SSSR count). The third-order valence-electron chi connectivity index (χ3n) is 2.66. The van der Waals surface area contributed by atoms with Crippen LogP contribution in [0.25, 0.3) is 0 Å². The summed E-state index contributed by atoms with van der Waals surface area (Å²) in [5.74, 6) is 0. The SMILES string of the molecule is CCC(N)CCCCc1ccccc1. The van der Waals surface area contributed by atoms with Crippen LogP contribution in [0, 0.1) is 0 Å². The largest absolute Gasteiger partial charge is 0.328 e. The summed E-state index contributed by atoms with van der Waals surface area (Å²) in [7, 11) is 0. The highest BCUT2D eigenvalue weighted by Crippen LogP contribution is 2.07. The zero-order valence-electron chi connectivity index (χ0n) is 9.08. The topological polar surface area (TPSA) is 26.0 Å². The molecule has 1 unspecified atom stereocenters. The quantitative estimate of drug-likeness (QED) is 0.687. The molecule has 0 aromatic heterocycles. The van der Waals surface area contributed by atoms with Crippen molar-refractivity contribution in [3.63, 3.8) is 0 Å². The highest BCUT2D eigenvalue weighted by molar-refractivity contribution is 5.14. The zero-order chi connectivity index (χ0) is 10.2. The molecule has 0 amide bonds. The molecule has 1 atom stereocenters. The Bertz CT molecular complexity index is 230. The molecule has 0 bridgehead atoms. The first-order chi connectivity index (χ1) is 6.83. The Balaban J connectivity index is 2.10. The van der Waals surface area contributed by atoms with E-state index in [9.17, 15) is 0 Å². The van der Waals surface area contributed by atoms with Gasteiger partial charge in [0.2, 0.25) is 0 Å². The predicted octanol–water partition coefficient (Wildman–Crippen LogP) is 3.14. The van der Waals surface area contributed by atoms with Crippen molar-refractivity contribution in [1.82, 2.24) is 0 Å². The number of nitrogens with two attached hydrogens (primary N) is 1. The molecular formula is C13H21N. The summed E-state index contributed by atoms with van der Waals surface area (Å²) in [6.07, 6.45) is 5.98. The van der Waals surface area contributed by atoms with Crippen molar-refractivity contribution in [2.75, 3.05) is 0 Å². The first-order valence-corrected chi connectivity index (χ1v) is 5.62. The lowest BCUT2D eigenvalue weighted by Crippen LogP contribution is -2.17. The van der Waals surface area contributed by atoms with Crippen molar-refractivity contribution < 1.29 is 0 Å². The van der Waals surface area contributed by atoms with Crippen LogP contribution in [0.2, 0.25) is 0 Å². The van der Waals surface area contributed by atoms with Gasteiger partial charge < -0.3 is 5.73 Å². The number of unbranched alkanes of at least 4 members (excludes halogenated alkanes) is 1. The summed E-state index contributed by atoms with van der Waals surface area (Å²) in [6.45, 7) is 2.15. The van der Waals surface area contributed by atoms with Gasteiger partial charge in [-0.05, 0) is 31.2 Å². The standard InChI is InChI=1S/C13H21N/c1-2-13(14)11-7-6-10-12-8-4-3-5-9-12/h3-5,8-9,13H,2,6-7,10-11,14H2,1H3. The molecule has 0 aliphatic rings. The number of aryl methyl sites for hydroxylation is 1. The molecule has 78 valence electrons. The van der Waals surface area contributed by atoms with E-state index in [0.29, 0.717) is 6.04 Å². The molecule has 0 aliphatic carbocycles. The van der Waals surface area contributed by atoms with Crippen molar-refractivity contribution in [2.45, 2.75) is 45.1 Å². The van der Waals surface area contributed by atoms with Crippen LogP contribution >= 0.6 is 0 Å². The Morgan fingerprint density at radius 3 is 2.50 bits per heavy atom. The monoisotopic (exact) mass is 191 g/mol. The van der Waals surface area contributed by atoms with E-state index >= 15 is 0 Å². The highest BCUT2D eigenvalue weighted by atomic mass is 14.6. The summed E-state index contributed by atoms with van der Waals surface area (Å²) < 4.78 is 0. The van der Waals surface area contributed by atoms with Crippen LogP contribution < -0.4 is 5.73 Å². The Morgan fingerprint density at radius 1 is 1.14 bits per heavy atom. The second-order valence-corrected chi connectivity index (χ2v) is 3.90. The van der Waals surface area contributed by atoms with Crippen LogP contribution in [-0.2, 0) is 6.42 Å². The molecule has 1 aromatic carbocycles. The summed E-state index contributed by atoms with van der Waals surface area (Å²) in [5.41, 5.74) is 7.29. The van der Waals surface area contributed by atoms with Gasteiger partial charge in [0.25, 0.3) is 0 Å². The summed E-state index contributed by atoms with van der Waals surface area (Å²) >= 11 is 0. The fourth-order valence-electron chi connectivity index (χ4n) is 1.58. The molecule has 0 heterocycles. The maximum absolute atomic E-state index is 5.85. The fraction of sp³-hybridized carbons (Fsp3) is 0.538. The lowest BCUT2D eigenvalue weighted by atomic mass is 10.0. The van der Waals surface area contributed by atoms with E-state index in [0.717, 1.165) is 6.42 Å². The van der Waals surface area contributed by atoms with Gasteiger partial charge in [0.15, 0.2) is 0 Å². The van der Waals surface area contributed by atoms with Crippen LogP contribution in [0.3, 0.4) is 0 Å². The average molecular weight is 191 g/mol. The fourth-order valence-corrected chi connectivity index (χ4v) is 1.58. The molecule has 1 nitrogen and oxygen atoms in total. The molecule has 2 N–H and O–H groups in total. The van der Waals surface area contributed by atoms with Gasteiger partial charge in [-0.25, -0.2) is 0 Å². The van der Waals surface area contributed by atoms with Crippen molar-refractivity contribution in [3.8, 4) is 0 Å². The molecule has 0 saturated carbocycles. The molecular weight excluding hydrogens is 170 g/mol. The van der Waals surface area contributed by atoms with E-state index in [2.05, 4.69) is 37.3 Å². The van der Waals surface area contributed by atoms with Gasteiger partial charge in [-0.2, -0.15) is 0 Å². The molecule has 14 heavy (non-hydrogen) atoms. The van der Waals surface area contributed by atoms with Crippen molar-refractivity contribution in [2.24, 2.45) is 5.73 Å². The van der Waals surface area contributed by atoms with Gasteiger partial charge in [-0.15, -0.1) is 0 Å². The molecule has 0 spiro atoms. The first-order valence-electron chi connectivity index (χ1n) is 5.62. The lowest BCUT2D eigenvalue weighted by molar-refractivity contribution is 0.551. The van der Waals surface area contributed by atoms with Crippen LogP contribution in [-0.4, -0.2) is 6.04 Å². The van der Waals surface area contributed by atoms with Gasteiger partial charge in [-0.1, -0.05) is 43.7 Å². The number of rotatable bonds is 6. The Kier molecular flexibility index (Phi) is 5.31. The molecule has 0 radical (unpaired) electrons. The number of hydrogen-bond acceptors (Lipinski definition) is 1. The Morgan fingerprint density at radius 2 is 1.86 bits per heavy atom. The normalized spacial score (nSPS) is 12.7. The van der Waals surface area contributed by atoms with E-state index in [4.69, 9.17) is 5.73 Å². The van der Waals surface area contributed by atoms with E-state index in [1.165, 1.54) is 31.2 Å². The van der Waals surface area contributed by atoms with Gasteiger partial charge in [0.05, 0.1) is 0 Å². The van der Waals surface area contributed by atoms with Gasteiger partial charge in [-0.3, -0.25) is 0 Å². The van der Waals surface area contributed by atoms with Crippen molar-refractivity contribution >= 4 is 0 Å². The smallest absolute Gasteiger partial charge is 0.00362 e. The van der Waals surface area contributed by atoms with Gasteiger partial charge in [0, 0.05) is 6.04 Å². The summed E-state index contributed by atoms with van der Waals surface area (Å²) in [6, 6.07) is 11.1. The van der Waals surface area contributed by atoms with E-state index in [1.807, 2.05) is 0 Å². The minimum atomic E-state index is 0.408. The maximum Gasteiger partial charge on any atom is 0.00362 e. The van der Waals surface area contributed by atoms with Crippen LogP contribution in [0.5, 0.6) is 0 Å². The lowest BCUT2D eigenvalue weighted by Gasteiger charge is -2.07. The summed E-state index contributed by atoms with van der Waals surface area (Å²) in [5, 5.41) is 0. The second-order valence-electron chi connectivity index (χ2n) is 3.90. The summed E-state index contributed by atoms with van der Waals surface area (Å²) in [4.78, 5) is 0. The van der Waals surface area contributed by atoms with Crippen LogP contribution in [0.1, 0.15) is 38.2 Å². The second kappa shape index (κ2) is 6.61. The van der Waals surface area contributed by atoms with E-state index in [-0.39, 0.29) is 0 Å². The minimum Gasteiger partial charge on any atom is -0.328 e. The molecule has 0 fully saturated rings. The third-order valence-corrected chi connectivity index (χ3v) is 2.66. The van der Waals surface area contributed by atoms with Crippen molar-refractivity contribution in [3.05, 3.63) is 35.9 Å². The van der Waals surface area contributed by atoms with Crippen LogP contribution in [0.4, 0.5) is 0 Å². The zero-order valence-corrected chi connectivity index (χ0v) is 9.08. The molecule has 0 aliphatic heterocycles. The third kappa shape index (κ3) is 4.43. The van der Waals surface area contributed by atoms with E-state index in [1.54, 1.807) is 0 Å². The Hall–Kier alpha value is -0.820. The van der Waals surface area contributed by atoms with Gasteiger partial charge in [0.1, 0.15) is 0 Å². The predicted molar refractivity (Wildman–Crippen MR) is 62.3 cm³/mol.